The zero-order valence-electron chi connectivity index (χ0n) is 15.8. The number of aryl methyl sites for hydroxylation is 1. The number of amides is 2. The summed E-state index contributed by atoms with van der Waals surface area (Å²) in [5.41, 5.74) is 1.83. The van der Waals surface area contributed by atoms with Crippen molar-refractivity contribution in [1.29, 1.82) is 0 Å². The highest BCUT2D eigenvalue weighted by atomic mass is 32.2. The van der Waals surface area contributed by atoms with Crippen LogP contribution in [0.5, 0.6) is 0 Å². The Morgan fingerprint density at radius 1 is 1.23 bits per heavy atom. The first-order valence-corrected chi connectivity index (χ1v) is 11.4. The summed E-state index contributed by atoms with van der Waals surface area (Å²) in [6.07, 6.45) is 7.24. The van der Waals surface area contributed by atoms with Crippen LogP contribution in [0.1, 0.15) is 59.8 Å². The van der Waals surface area contributed by atoms with Crippen molar-refractivity contribution in [2.75, 3.05) is 37.1 Å². The molecule has 26 heavy (non-hydrogen) atoms. The Kier molecular flexibility index (Phi) is 9.50. The van der Waals surface area contributed by atoms with E-state index in [0.717, 1.165) is 61.3 Å². The predicted octanol–water partition coefficient (Wildman–Crippen LogP) is 3.87. The Labute approximate surface area is 164 Å². The summed E-state index contributed by atoms with van der Waals surface area (Å²) in [6.45, 7) is 3.35. The van der Waals surface area contributed by atoms with Crippen molar-refractivity contribution in [2.24, 2.45) is 0 Å². The van der Waals surface area contributed by atoms with Crippen molar-refractivity contribution < 1.29 is 14.3 Å². The molecule has 1 aromatic heterocycles. The highest BCUT2D eigenvalue weighted by Crippen LogP contribution is 2.38. The average molecular weight is 399 g/mol. The number of thioether (sulfide) groups is 1. The number of hydrogen-bond donors (Lipinski definition) is 2. The molecule has 5 nitrogen and oxygen atoms in total. The van der Waals surface area contributed by atoms with Gasteiger partial charge in [0.05, 0.1) is 11.3 Å². The molecular formula is C19H30N2O3S2. The van der Waals surface area contributed by atoms with Crippen LogP contribution in [-0.2, 0) is 22.4 Å². The topological polar surface area (TPSA) is 67.4 Å². The van der Waals surface area contributed by atoms with Crippen LogP contribution in [0.2, 0.25) is 0 Å². The summed E-state index contributed by atoms with van der Waals surface area (Å²) < 4.78 is 5.03. The van der Waals surface area contributed by atoms with Crippen molar-refractivity contribution in [1.82, 2.24) is 5.32 Å². The van der Waals surface area contributed by atoms with Crippen LogP contribution in [-0.4, -0.2) is 43.6 Å². The van der Waals surface area contributed by atoms with E-state index in [0.29, 0.717) is 24.5 Å². The van der Waals surface area contributed by atoms with Gasteiger partial charge in [-0.15, -0.1) is 11.3 Å². The Morgan fingerprint density at radius 3 is 2.81 bits per heavy atom. The Morgan fingerprint density at radius 2 is 2.04 bits per heavy atom. The number of anilines is 1. The first-order chi connectivity index (χ1) is 12.7. The van der Waals surface area contributed by atoms with Gasteiger partial charge in [0.2, 0.25) is 5.91 Å². The van der Waals surface area contributed by atoms with E-state index in [1.54, 1.807) is 30.2 Å². The molecule has 146 valence electrons. The number of rotatable bonds is 11. The molecule has 2 N–H and O–H groups in total. The quantitative estimate of drug-likeness (QED) is 0.555. The summed E-state index contributed by atoms with van der Waals surface area (Å²) in [4.78, 5) is 26.3. The number of fused-ring (bicyclic) bond motifs is 1. The summed E-state index contributed by atoms with van der Waals surface area (Å²) >= 11 is 3.23. The lowest BCUT2D eigenvalue weighted by atomic mass is 9.95. The number of unbranched alkanes of at least 4 members (excludes halogenated alkanes) is 1. The van der Waals surface area contributed by atoms with Gasteiger partial charge in [-0.25, -0.2) is 0 Å². The minimum Gasteiger partial charge on any atom is -0.385 e. The lowest BCUT2D eigenvalue weighted by molar-refractivity contribution is -0.113. The van der Waals surface area contributed by atoms with Crippen LogP contribution in [0.3, 0.4) is 0 Å². The highest BCUT2D eigenvalue weighted by Gasteiger charge is 2.26. The second-order valence-corrected chi connectivity index (χ2v) is 8.68. The molecule has 0 aromatic carbocycles. The lowest BCUT2D eigenvalue weighted by Gasteiger charge is -2.13. The Bertz CT molecular complexity index is 602. The second kappa shape index (κ2) is 11.6. The van der Waals surface area contributed by atoms with Gasteiger partial charge in [0.1, 0.15) is 5.00 Å². The van der Waals surface area contributed by atoms with Gasteiger partial charge in [-0.05, 0) is 49.8 Å². The molecule has 0 fully saturated rings. The van der Waals surface area contributed by atoms with E-state index in [1.807, 2.05) is 0 Å². The van der Waals surface area contributed by atoms with Gasteiger partial charge < -0.3 is 15.4 Å². The number of nitrogens with one attached hydrogen (secondary N) is 2. The zero-order valence-corrected chi connectivity index (χ0v) is 17.5. The standard InChI is InChI=1S/C19H30N2O3S2/c1-3-4-12-25-13-16(22)21-19-17(18(23)20-10-7-11-24-2)14-8-5-6-9-15(14)26-19/h3-13H2,1-2H3,(H,20,23)(H,21,22). The Hall–Kier alpha value is -1.05. The SMILES string of the molecule is CCCCSCC(=O)Nc1sc2c(c1C(=O)NCCCOC)CCCC2. The first kappa shape index (κ1) is 21.3. The minimum absolute atomic E-state index is 0.0156. The third-order valence-electron chi connectivity index (χ3n) is 4.34. The molecule has 0 aliphatic heterocycles. The predicted molar refractivity (Wildman–Crippen MR) is 111 cm³/mol. The summed E-state index contributed by atoms with van der Waals surface area (Å²) in [6, 6.07) is 0. The number of ether oxygens (including phenoxy) is 1. The van der Waals surface area contributed by atoms with E-state index in [9.17, 15) is 9.59 Å². The third-order valence-corrected chi connectivity index (χ3v) is 6.59. The van der Waals surface area contributed by atoms with E-state index < -0.39 is 0 Å². The molecule has 1 aliphatic carbocycles. The molecule has 1 heterocycles. The fraction of sp³-hybridized carbons (Fsp3) is 0.684. The molecule has 2 rings (SSSR count). The third kappa shape index (κ3) is 6.28. The fourth-order valence-electron chi connectivity index (χ4n) is 2.97. The maximum atomic E-state index is 12.7. The lowest BCUT2D eigenvalue weighted by Crippen LogP contribution is -2.27. The van der Waals surface area contributed by atoms with Crippen LogP contribution in [0.4, 0.5) is 5.00 Å². The second-order valence-electron chi connectivity index (χ2n) is 6.47. The van der Waals surface area contributed by atoms with Gasteiger partial charge >= 0.3 is 0 Å². The fourth-order valence-corrected chi connectivity index (χ4v) is 5.17. The first-order valence-electron chi connectivity index (χ1n) is 9.46. The number of methoxy groups -OCH3 is 1. The van der Waals surface area contributed by atoms with E-state index in [-0.39, 0.29) is 11.8 Å². The molecule has 1 aliphatic rings. The monoisotopic (exact) mass is 398 g/mol. The molecule has 0 spiro atoms. The molecule has 0 atom stereocenters. The van der Waals surface area contributed by atoms with Gasteiger partial charge in [-0.3, -0.25) is 9.59 Å². The van der Waals surface area contributed by atoms with Crippen LogP contribution >= 0.6 is 23.1 Å². The van der Waals surface area contributed by atoms with E-state index in [2.05, 4.69) is 17.6 Å². The molecule has 1 aromatic rings. The van der Waals surface area contributed by atoms with Gasteiger partial charge in [0.25, 0.3) is 5.91 Å². The zero-order chi connectivity index (χ0) is 18.8. The van der Waals surface area contributed by atoms with Gasteiger partial charge in [-0.2, -0.15) is 11.8 Å². The summed E-state index contributed by atoms with van der Waals surface area (Å²) in [5.74, 6) is 1.35. The van der Waals surface area contributed by atoms with Gasteiger partial charge in [0, 0.05) is 25.1 Å². The molecule has 0 bridgehead atoms. The maximum absolute atomic E-state index is 12.7. The van der Waals surface area contributed by atoms with Gasteiger partial charge in [-0.1, -0.05) is 13.3 Å². The molecule has 0 saturated carbocycles. The number of carbonyl (C=O) groups is 2. The maximum Gasteiger partial charge on any atom is 0.254 e. The van der Waals surface area contributed by atoms with E-state index >= 15 is 0 Å². The van der Waals surface area contributed by atoms with Crippen molar-refractivity contribution in [3.63, 3.8) is 0 Å². The summed E-state index contributed by atoms with van der Waals surface area (Å²) in [5, 5.41) is 6.70. The van der Waals surface area contributed by atoms with Crippen LogP contribution < -0.4 is 10.6 Å². The molecule has 0 saturated heterocycles. The summed E-state index contributed by atoms with van der Waals surface area (Å²) in [7, 11) is 1.66. The van der Waals surface area contributed by atoms with Gasteiger partial charge in [0.15, 0.2) is 0 Å². The smallest absolute Gasteiger partial charge is 0.254 e. The van der Waals surface area contributed by atoms with Crippen molar-refractivity contribution in [3.05, 3.63) is 16.0 Å². The van der Waals surface area contributed by atoms with Crippen molar-refractivity contribution in [3.8, 4) is 0 Å². The van der Waals surface area contributed by atoms with Crippen LogP contribution in [0, 0.1) is 0 Å². The largest absolute Gasteiger partial charge is 0.385 e. The van der Waals surface area contributed by atoms with Crippen LogP contribution in [0.25, 0.3) is 0 Å². The Balaban J connectivity index is 2.03. The van der Waals surface area contributed by atoms with Crippen LogP contribution in [0.15, 0.2) is 0 Å². The van der Waals surface area contributed by atoms with Crippen molar-refractivity contribution in [2.45, 2.75) is 51.9 Å². The molecule has 2 amide bonds. The number of hydrogen-bond acceptors (Lipinski definition) is 5. The average Bonchev–Trinajstić information content (AvgIpc) is 3.00. The number of carbonyl (C=O) groups excluding carboxylic acids is 2. The minimum atomic E-state index is -0.0746. The molecule has 0 radical (unpaired) electrons. The molecule has 7 heteroatoms. The highest BCUT2D eigenvalue weighted by molar-refractivity contribution is 7.99. The normalized spacial score (nSPS) is 13.3. The molecule has 0 unspecified atom stereocenters. The number of thiophene rings is 1. The van der Waals surface area contributed by atoms with E-state index in [1.165, 1.54) is 4.88 Å². The molecular weight excluding hydrogens is 368 g/mol. The van der Waals surface area contributed by atoms with E-state index in [4.69, 9.17) is 4.74 Å². The van der Waals surface area contributed by atoms with Crippen molar-refractivity contribution >= 4 is 39.9 Å².